The maximum Gasteiger partial charge on any atom is 0.134 e. The van der Waals surface area contributed by atoms with E-state index in [1.807, 2.05) is 0 Å². The molecule has 2 rings (SSSR count). The van der Waals surface area contributed by atoms with Gasteiger partial charge in [0.05, 0.1) is 0 Å². The molecule has 0 aromatic heterocycles. The molecule has 2 heteroatoms. The summed E-state index contributed by atoms with van der Waals surface area (Å²) in [4.78, 5) is 14.1. The van der Waals surface area contributed by atoms with Crippen LogP contribution in [0.1, 0.15) is 46.5 Å². The Balaban J connectivity index is 2.01. The van der Waals surface area contributed by atoms with Crippen LogP contribution in [0.5, 0.6) is 0 Å². The number of hydrogen-bond donors (Lipinski definition) is 0. The van der Waals surface area contributed by atoms with Gasteiger partial charge in [-0.15, -0.1) is 0 Å². The van der Waals surface area contributed by atoms with E-state index in [1.54, 1.807) is 0 Å². The van der Waals surface area contributed by atoms with Crippen LogP contribution in [0.15, 0.2) is 0 Å². The Morgan fingerprint density at radius 2 is 2.00 bits per heavy atom. The second-order valence-electron chi connectivity index (χ2n) is 5.56. The summed E-state index contributed by atoms with van der Waals surface area (Å²) in [6.45, 7) is 8.21. The largest absolute Gasteiger partial charge is 0.300 e. The first-order valence-electron chi connectivity index (χ1n) is 6.37. The quantitative estimate of drug-likeness (QED) is 0.661. The summed E-state index contributed by atoms with van der Waals surface area (Å²) in [6.07, 6.45) is 3.97. The Kier molecular flexibility index (Phi) is 3.15. The van der Waals surface area contributed by atoms with Crippen molar-refractivity contribution in [2.75, 3.05) is 6.54 Å². The van der Waals surface area contributed by atoms with Crippen molar-refractivity contribution in [1.82, 2.24) is 4.90 Å². The number of ketones is 1. The minimum atomic E-state index is 0.477. The Morgan fingerprint density at radius 3 is 2.53 bits per heavy atom. The summed E-state index contributed by atoms with van der Waals surface area (Å²) in [5, 5.41) is 0. The molecule has 0 spiro atoms. The molecule has 86 valence electrons. The van der Waals surface area contributed by atoms with Gasteiger partial charge in [0.1, 0.15) is 5.78 Å². The Hall–Kier alpha value is -0.370. The topological polar surface area (TPSA) is 20.3 Å². The maximum atomic E-state index is 11.5. The zero-order valence-electron chi connectivity index (χ0n) is 10.2. The molecule has 0 aromatic carbocycles. The predicted octanol–water partition coefficient (Wildman–Crippen LogP) is 2.47. The molecule has 0 aromatic rings. The number of nitrogens with zero attached hydrogens (tertiary/aromatic N) is 1. The molecule has 1 aliphatic heterocycles. The molecule has 2 nitrogen and oxygen atoms in total. The summed E-state index contributed by atoms with van der Waals surface area (Å²) in [5.41, 5.74) is 0. The first-order valence-corrected chi connectivity index (χ1v) is 6.37. The van der Waals surface area contributed by atoms with E-state index in [4.69, 9.17) is 0 Å². The average molecular weight is 209 g/mol. The lowest BCUT2D eigenvalue weighted by Crippen LogP contribution is -2.42. The van der Waals surface area contributed by atoms with Gasteiger partial charge in [-0.3, -0.25) is 9.69 Å². The highest BCUT2D eigenvalue weighted by Crippen LogP contribution is 2.34. The van der Waals surface area contributed by atoms with Crippen molar-refractivity contribution in [2.45, 2.75) is 58.5 Å². The zero-order valence-corrected chi connectivity index (χ0v) is 10.2. The number of likely N-dealkylation sites (tertiary alicyclic amines) is 1. The lowest BCUT2D eigenvalue weighted by Gasteiger charge is -2.34. The lowest BCUT2D eigenvalue weighted by atomic mass is 9.92. The van der Waals surface area contributed by atoms with Gasteiger partial charge in [0.15, 0.2) is 0 Å². The zero-order chi connectivity index (χ0) is 11.0. The normalized spacial score (nSPS) is 43.5. The number of rotatable bonds is 1. The third-order valence-electron chi connectivity index (χ3n) is 4.61. The molecule has 15 heavy (non-hydrogen) atoms. The number of hydrogen-bond acceptors (Lipinski definition) is 2. The third kappa shape index (κ3) is 2.10. The second kappa shape index (κ2) is 4.25. The summed E-state index contributed by atoms with van der Waals surface area (Å²) < 4.78 is 0. The van der Waals surface area contributed by atoms with Crippen molar-refractivity contribution in [3.63, 3.8) is 0 Å². The van der Waals surface area contributed by atoms with Crippen LogP contribution in [0, 0.1) is 11.8 Å². The number of carbonyl (C=O) groups is 1. The summed E-state index contributed by atoms with van der Waals surface area (Å²) in [7, 11) is 0. The van der Waals surface area contributed by atoms with Gasteiger partial charge in [-0.1, -0.05) is 13.8 Å². The van der Waals surface area contributed by atoms with Gasteiger partial charge in [-0.25, -0.2) is 0 Å². The van der Waals surface area contributed by atoms with Gasteiger partial charge in [0, 0.05) is 31.5 Å². The smallest absolute Gasteiger partial charge is 0.134 e. The third-order valence-corrected chi connectivity index (χ3v) is 4.61. The molecule has 2 fully saturated rings. The van der Waals surface area contributed by atoms with Crippen LogP contribution < -0.4 is 0 Å². The van der Waals surface area contributed by atoms with E-state index in [0.29, 0.717) is 17.9 Å². The highest BCUT2D eigenvalue weighted by Gasteiger charge is 2.38. The van der Waals surface area contributed by atoms with Crippen molar-refractivity contribution in [3.8, 4) is 0 Å². The van der Waals surface area contributed by atoms with E-state index >= 15 is 0 Å². The highest BCUT2D eigenvalue weighted by atomic mass is 16.1. The highest BCUT2D eigenvalue weighted by molar-refractivity contribution is 5.79. The summed E-state index contributed by atoms with van der Waals surface area (Å²) in [6, 6.07) is 1.21. The van der Waals surface area contributed by atoms with Crippen LogP contribution in [0.2, 0.25) is 0 Å². The van der Waals surface area contributed by atoms with Gasteiger partial charge in [-0.05, 0) is 31.6 Å². The molecule has 1 heterocycles. The Morgan fingerprint density at radius 1 is 1.27 bits per heavy atom. The van der Waals surface area contributed by atoms with Gasteiger partial charge < -0.3 is 0 Å². The molecule has 0 N–H and O–H groups in total. The molecule has 0 radical (unpaired) electrons. The van der Waals surface area contributed by atoms with Crippen molar-refractivity contribution < 1.29 is 4.79 Å². The first-order chi connectivity index (χ1) is 7.09. The maximum absolute atomic E-state index is 11.5. The lowest BCUT2D eigenvalue weighted by molar-refractivity contribution is -0.122. The molecule has 4 atom stereocenters. The molecule has 0 bridgehead atoms. The molecule has 2 aliphatic rings. The van der Waals surface area contributed by atoms with E-state index < -0.39 is 0 Å². The monoisotopic (exact) mass is 209 g/mol. The molecule has 0 amide bonds. The molecule has 1 aliphatic carbocycles. The van der Waals surface area contributed by atoms with E-state index in [0.717, 1.165) is 31.1 Å². The van der Waals surface area contributed by atoms with Gasteiger partial charge in [0.25, 0.3) is 0 Å². The molecule has 1 saturated heterocycles. The fraction of sp³-hybridized carbons (Fsp3) is 0.923. The van der Waals surface area contributed by atoms with Crippen LogP contribution >= 0.6 is 0 Å². The Labute approximate surface area is 93.0 Å². The van der Waals surface area contributed by atoms with Crippen molar-refractivity contribution in [3.05, 3.63) is 0 Å². The average Bonchev–Trinajstić information content (AvgIpc) is 2.46. The predicted molar refractivity (Wildman–Crippen MR) is 61.8 cm³/mol. The first kappa shape index (κ1) is 11.1. The summed E-state index contributed by atoms with van der Waals surface area (Å²) >= 11 is 0. The van der Waals surface area contributed by atoms with Crippen molar-refractivity contribution in [1.29, 1.82) is 0 Å². The fourth-order valence-electron chi connectivity index (χ4n) is 3.21. The number of carbonyl (C=O) groups excluding carboxylic acids is 1. The second-order valence-corrected chi connectivity index (χ2v) is 5.56. The fourth-order valence-corrected chi connectivity index (χ4v) is 3.21. The summed E-state index contributed by atoms with van der Waals surface area (Å²) in [5.74, 6) is 2.05. The van der Waals surface area contributed by atoms with Gasteiger partial charge >= 0.3 is 0 Å². The van der Waals surface area contributed by atoms with Crippen molar-refractivity contribution in [2.24, 2.45) is 11.8 Å². The van der Waals surface area contributed by atoms with E-state index in [9.17, 15) is 4.79 Å². The van der Waals surface area contributed by atoms with Gasteiger partial charge in [0.2, 0.25) is 0 Å². The van der Waals surface area contributed by atoms with Crippen LogP contribution in [0.3, 0.4) is 0 Å². The molecule has 4 unspecified atom stereocenters. The standard InChI is InChI=1S/C13H23NO/c1-9-8-14(11(3)10(9)2)12-5-4-6-13(15)7-12/h9-12H,4-8H2,1-3H3. The number of Topliss-reactive ketones (excluding diaryl/α,β-unsaturated/α-hetero) is 1. The molecule has 1 saturated carbocycles. The molecular formula is C13H23NO. The minimum absolute atomic E-state index is 0.477. The van der Waals surface area contributed by atoms with E-state index in [1.165, 1.54) is 13.0 Å². The van der Waals surface area contributed by atoms with Crippen LogP contribution in [0.25, 0.3) is 0 Å². The van der Waals surface area contributed by atoms with Gasteiger partial charge in [-0.2, -0.15) is 0 Å². The SMILES string of the molecule is CC1CN(C2CCCC(=O)C2)C(C)C1C. The Bertz CT molecular complexity index is 251. The van der Waals surface area contributed by atoms with Crippen LogP contribution in [-0.2, 0) is 4.79 Å². The minimum Gasteiger partial charge on any atom is -0.300 e. The van der Waals surface area contributed by atoms with Crippen molar-refractivity contribution >= 4 is 5.78 Å². The van der Waals surface area contributed by atoms with E-state index in [2.05, 4.69) is 25.7 Å². The molecular weight excluding hydrogens is 186 g/mol. The van der Waals surface area contributed by atoms with Crippen LogP contribution in [-0.4, -0.2) is 29.3 Å². The van der Waals surface area contributed by atoms with Crippen LogP contribution in [0.4, 0.5) is 0 Å². The van der Waals surface area contributed by atoms with E-state index in [-0.39, 0.29) is 0 Å².